The van der Waals surface area contributed by atoms with Crippen LogP contribution in [0.25, 0.3) is 0 Å². The number of rotatable bonds is 4. The van der Waals surface area contributed by atoms with Crippen molar-refractivity contribution in [3.8, 4) is 11.5 Å². The Morgan fingerprint density at radius 1 is 0.714 bits per heavy atom. The summed E-state index contributed by atoms with van der Waals surface area (Å²) in [6.07, 6.45) is 0. The van der Waals surface area contributed by atoms with Crippen molar-refractivity contribution in [3.05, 3.63) is 48.5 Å². The molecule has 0 bridgehead atoms. The van der Waals surface area contributed by atoms with Crippen LogP contribution in [-0.2, 0) is 0 Å². The van der Waals surface area contributed by atoms with Gasteiger partial charge in [0.1, 0.15) is 11.5 Å². The molecule has 0 spiro atoms. The van der Waals surface area contributed by atoms with Crippen LogP contribution in [-0.4, -0.2) is 9.76 Å². The van der Waals surface area contributed by atoms with E-state index in [4.69, 9.17) is 9.47 Å². The first kappa shape index (κ1) is 16.1. The minimum atomic E-state index is -0.528. The molecule has 0 N–H and O–H groups in total. The van der Waals surface area contributed by atoms with Crippen molar-refractivity contribution in [1.82, 2.24) is 0 Å². The molecule has 0 aliphatic carbocycles. The highest BCUT2D eigenvalue weighted by Gasteiger charge is 2.03. The first-order valence-corrected chi connectivity index (χ1v) is 8.06. The predicted molar refractivity (Wildman–Crippen MR) is 86.9 cm³/mol. The molecular formula is C14H8Br2O4S. The second kappa shape index (κ2) is 7.63. The molecule has 0 aromatic heterocycles. The van der Waals surface area contributed by atoms with Gasteiger partial charge in [0.25, 0.3) is 0 Å². The van der Waals surface area contributed by atoms with E-state index in [-0.39, 0.29) is 0 Å². The van der Waals surface area contributed by atoms with Crippen molar-refractivity contribution >= 4 is 53.4 Å². The molecule has 0 fully saturated rings. The van der Waals surface area contributed by atoms with Crippen molar-refractivity contribution in [1.29, 1.82) is 0 Å². The van der Waals surface area contributed by atoms with Gasteiger partial charge in [-0.05, 0) is 48.5 Å². The topological polar surface area (TPSA) is 52.6 Å². The molecular weight excluding hydrogens is 424 g/mol. The van der Waals surface area contributed by atoms with Crippen LogP contribution in [0.15, 0.2) is 58.3 Å². The van der Waals surface area contributed by atoms with Gasteiger partial charge >= 0.3 is 9.76 Å². The van der Waals surface area contributed by atoms with Crippen LogP contribution in [0.4, 0.5) is 9.59 Å². The molecule has 0 saturated carbocycles. The maximum atomic E-state index is 10.7. The summed E-state index contributed by atoms with van der Waals surface area (Å²) < 4.78 is 9.78. The molecule has 0 aliphatic heterocycles. The highest BCUT2D eigenvalue weighted by atomic mass is 79.9. The molecule has 0 heterocycles. The Morgan fingerprint density at radius 3 is 1.33 bits per heavy atom. The van der Waals surface area contributed by atoms with Crippen LogP contribution in [0.5, 0.6) is 11.5 Å². The third-order valence-electron chi connectivity index (χ3n) is 2.28. The zero-order valence-corrected chi connectivity index (χ0v) is 14.4. The lowest BCUT2D eigenvalue weighted by molar-refractivity contribution is 0.227. The van der Waals surface area contributed by atoms with E-state index in [2.05, 4.69) is 31.9 Å². The molecule has 0 atom stereocenters. The minimum absolute atomic E-state index is 0.473. The maximum Gasteiger partial charge on any atom is 0.379 e. The summed E-state index contributed by atoms with van der Waals surface area (Å²) in [5, 5.41) is 0. The van der Waals surface area contributed by atoms with Gasteiger partial charge in [0.2, 0.25) is 0 Å². The lowest BCUT2D eigenvalue weighted by atomic mass is 10.3. The van der Waals surface area contributed by atoms with Gasteiger partial charge in [0.05, 0.1) is 0 Å². The highest BCUT2D eigenvalue weighted by molar-refractivity contribution is 9.18. The normalized spacial score (nSPS) is 10.0. The Kier molecular flexibility index (Phi) is 5.84. The summed E-state index contributed by atoms with van der Waals surface area (Å²) in [7, 11) is 0. The Morgan fingerprint density at radius 2 is 1.05 bits per heavy atom. The molecule has 0 aliphatic rings. The van der Waals surface area contributed by atoms with Crippen LogP contribution in [0.3, 0.4) is 0 Å². The number of halogens is 2. The van der Waals surface area contributed by atoms with E-state index in [0.29, 0.717) is 11.5 Å². The van der Waals surface area contributed by atoms with E-state index >= 15 is 0 Å². The summed E-state index contributed by atoms with van der Waals surface area (Å²) in [4.78, 5) is 22.4. The van der Waals surface area contributed by atoms with E-state index < -0.39 is 9.76 Å². The molecule has 2 rings (SSSR count). The molecule has 0 saturated heterocycles. The summed E-state index contributed by atoms with van der Waals surface area (Å²) in [5.41, 5.74) is 0. The summed E-state index contributed by atoms with van der Waals surface area (Å²) in [5.74, 6) is 0.946. The monoisotopic (exact) mass is 430 g/mol. The molecule has 7 heteroatoms. The number of carbonyl (C=O) groups excluding carboxylic acids is 2. The van der Waals surface area contributed by atoms with E-state index in [0.717, 1.165) is 9.79 Å². The average molecular weight is 432 g/mol. The fourth-order valence-corrected chi connectivity index (χ4v) is 2.66. The number of ether oxygens (including phenoxy) is 2. The number of hydrogen-bond donors (Lipinski definition) is 0. The number of hydrogen-bond acceptors (Lipinski definition) is 5. The summed E-state index contributed by atoms with van der Waals surface area (Å²) in [6.45, 7) is 0. The zero-order chi connectivity index (χ0) is 15.2. The largest absolute Gasteiger partial charge is 0.418 e. The van der Waals surface area contributed by atoms with E-state index in [1.54, 1.807) is 24.3 Å². The zero-order valence-electron chi connectivity index (χ0n) is 10.4. The molecule has 4 nitrogen and oxygen atoms in total. The summed E-state index contributed by atoms with van der Waals surface area (Å²) >= 11 is 6.94. The van der Waals surface area contributed by atoms with Gasteiger partial charge in [-0.1, -0.05) is 11.8 Å². The van der Waals surface area contributed by atoms with Crippen LogP contribution in [0.1, 0.15) is 0 Å². The average Bonchev–Trinajstić information content (AvgIpc) is 2.42. The first-order chi connectivity index (χ1) is 10.0. The second-order valence-corrected chi connectivity index (χ2v) is 6.17. The van der Waals surface area contributed by atoms with Crippen molar-refractivity contribution in [2.24, 2.45) is 0 Å². The van der Waals surface area contributed by atoms with Gasteiger partial charge in [0, 0.05) is 41.7 Å². The van der Waals surface area contributed by atoms with Gasteiger partial charge in [-0.15, -0.1) is 0 Å². The second-order valence-electron chi connectivity index (χ2n) is 3.72. The lowest BCUT2D eigenvalue weighted by Crippen LogP contribution is -1.95. The minimum Gasteiger partial charge on any atom is -0.418 e. The van der Waals surface area contributed by atoms with Gasteiger partial charge in [0.15, 0.2) is 0 Å². The van der Waals surface area contributed by atoms with Crippen LogP contribution < -0.4 is 9.47 Å². The summed E-state index contributed by atoms with van der Waals surface area (Å²) in [6, 6.07) is 14.2. The predicted octanol–water partition coefficient (Wildman–Crippen LogP) is 5.63. The SMILES string of the molecule is O=C(Br)Oc1ccc(Sc2ccc(OC(=O)Br)cc2)cc1. The maximum absolute atomic E-state index is 10.7. The third-order valence-corrected chi connectivity index (χ3v) is 3.62. The Hall–Kier alpha value is -1.31. The van der Waals surface area contributed by atoms with Crippen molar-refractivity contribution < 1.29 is 19.1 Å². The van der Waals surface area contributed by atoms with Crippen LogP contribution >= 0.6 is 43.6 Å². The van der Waals surface area contributed by atoms with Crippen LogP contribution in [0.2, 0.25) is 0 Å². The first-order valence-electron chi connectivity index (χ1n) is 5.65. The highest BCUT2D eigenvalue weighted by Crippen LogP contribution is 2.30. The molecule has 0 amide bonds. The lowest BCUT2D eigenvalue weighted by Gasteiger charge is -2.05. The fourth-order valence-electron chi connectivity index (χ4n) is 1.47. The standard InChI is InChI=1S/C14H8Br2O4S/c15-13(17)19-9-1-5-11(6-2-9)21-12-7-3-10(4-8-12)20-14(16)18/h1-8H. The van der Waals surface area contributed by atoms with Crippen molar-refractivity contribution in [3.63, 3.8) is 0 Å². The van der Waals surface area contributed by atoms with E-state index in [1.807, 2.05) is 24.3 Å². The van der Waals surface area contributed by atoms with Gasteiger partial charge in [-0.3, -0.25) is 0 Å². The number of carbonyl (C=O) groups is 2. The fraction of sp³-hybridized carbons (Fsp3) is 0. The third kappa shape index (κ3) is 5.53. The van der Waals surface area contributed by atoms with E-state index in [9.17, 15) is 9.59 Å². The van der Waals surface area contributed by atoms with Gasteiger partial charge in [-0.25, -0.2) is 9.59 Å². The molecule has 0 radical (unpaired) electrons. The number of benzene rings is 2. The quantitative estimate of drug-likeness (QED) is 0.587. The smallest absolute Gasteiger partial charge is 0.379 e. The molecule has 2 aromatic rings. The molecule has 0 unspecified atom stereocenters. The molecule has 108 valence electrons. The van der Waals surface area contributed by atoms with Crippen LogP contribution in [0, 0.1) is 0 Å². The van der Waals surface area contributed by atoms with Crippen molar-refractivity contribution in [2.45, 2.75) is 9.79 Å². The Bertz CT molecular complexity index is 584. The Balaban J connectivity index is 2.01. The molecule has 2 aromatic carbocycles. The van der Waals surface area contributed by atoms with Gasteiger partial charge < -0.3 is 9.47 Å². The van der Waals surface area contributed by atoms with Crippen molar-refractivity contribution in [2.75, 3.05) is 0 Å². The van der Waals surface area contributed by atoms with E-state index in [1.165, 1.54) is 11.8 Å². The van der Waals surface area contributed by atoms with Gasteiger partial charge in [-0.2, -0.15) is 0 Å². The Labute approximate surface area is 142 Å². The molecule has 21 heavy (non-hydrogen) atoms.